The molecule has 1 aromatic rings. The van der Waals surface area contributed by atoms with Crippen LogP contribution >= 0.6 is 0 Å². The van der Waals surface area contributed by atoms with Crippen LogP contribution in [-0.4, -0.2) is 26.4 Å². The Hall–Kier alpha value is -1.06. The molecule has 3 nitrogen and oxygen atoms in total. The predicted molar refractivity (Wildman–Crippen MR) is 84.9 cm³/mol. The molecular weight excluding hydrogens is 262 g/mol. The normalized spacial score (nSPS) is 29.0. The van der Waals surface area contributed by atoms with Gasteiger partial charge < -0.3 is 14.8 Å². The largest absolute Gasteiger partial charge is 0.490 e. The van der Waals surface area contributed by atoms with Gasteiger partial charge in [-0.05, 0) is 62.8 Å². The molecular formula is C18H27NO2. The summed E-state index contributed by atoms with van der Waals surface area (Å²) in [4.78, 5) is 0. The first kappa shape index (κ1) is 14.9. The third-order valence-corrected chi connectivity index (χ3v) is 5.02. The Labute approximate surface area is 128 Å². The fourth-order valence-corrected chi connectivity index (χ4v) is 3.83. The van der Waals surface area contributed by atoms with Gasteiger partial charge in [-0.25, -0.2) is 0 Å². The highest BCUT2D eigenvalue weighted by atomic mass is 16.5. The van der Waals surface area contributed by atoms with Gasteiger partial charge in [0.2, 0.25) is 0 Å². The lowest BCUT2D eigenvalue weighted by Gasteiger charge is -2.31. The van der Waals surface area contributed by atoms with Crippen molar-refractivity contribution in [3.8, 4) is 5.75 Å². The Morgan fingerprint density at radius 1 is 1.10 bits per heavy atom. The molecule has 3 unspecified atom stereocenters. The minimum atomic E-state index is 0.310. The van der Waals surface area contributed by atoms with Crippen molar-refractivity contribution in [2.24, 2.45) is 0 Å². The Bertz CT molecular complexity index is 474. The summed E-state index contributed by atoms with van der Waals surface area (Å²) in [6.45, 7) is 0. The number of rotatable bonds is 4. The molecule has 3 rings (SSSR count). The molecule has 21 heavy (non-hydrogen) atoms. The van der Waals surface area contributed by atoms with Gasteiger partial charge in [0.05, 0.1) is 6.10 Å². The summed E-state index contributed by atoms with van der Waals surface area (Å²) >= 11 is 0. The summed E-state index contributed by atoms with van der Waals surface area (Å²) in [5.41, 5.74) is 2.85. The van der Waals surface area contributed by atoms with Crippen LogP contribution in [0.1, 0.15) is 55.7 Å². The quantitative estimate of drug-likeness (QED) is 0.918. The van der Waals surface area contributed by atoms with Crippen molar-refractivity contribution in [3.05, 3.63) is 29.3 Å². The van der Waals surface area contributed by atoms with Crippen molar-refractivity contribution in [3.63, 3.8) is 0 Å². The molecule has 1 saturated carbocycles. The molecule has 2 aliphatic carbocycles. The van der Waals surface area contributed by atoms with Gasteiger partial charge in [0, 0.05) is 19.6 Å². The summed E-state index contributed by atoms with van der Waals surface area (Å²) in [6.07, 6.45) is 8.84. The lowest BCUT2D eigenvalue weighted by molar-refractivity contribution is 0.0206. The van der Waals surface area contributed by atoms with Crippen LogP contribution < -0.4 is 10.1 Å². The fraction of sp³-hybridized carbons (Fsp3) is 0.667. The lowest BCUT2D eigenvalue weighted by atomic mass is 9.87. The Morgan fingerprint density at radius 3 is 2.76 bits per heavy atom. The van der Waals surface area contributed by atoms with Crippen LogP contribution in [0.15, 0.2) is 18.2 Å². The summed E-state index contributed by atoms with van der Waals surface area (Å²) in [6, 6.07) is 7.02. The maximum atomic E-state index is 6.37. The molecule has 0 bridgehead atoms. The smallest absolute Gasteiger partial charge is 0.123 e. The van der Waals surface area contributed by atoms with E-state index in [1.54, 1.807) is 0 Å². The monoisotopic (exact) mass is 289 g/mol. The first-order valence-corrected chi connectivity index (χ1v) is 8.30. The van der Waals surface area contributed by atoms with E-state index in [2.05, 4.69) is 30.6 Å². The van der Waals surface area contributed by atoms with E-state index in [1.807, 2.05) is 7.11 Å². The zero-order chi connectivity index (χ0) is 14.7. The number of methoxy groups -OCH3 is 1. The van der Waals surface area contributed by atoms with Crippen molar-refractivity contribution in [2.45, 2.75) is 63.2 Å². The van der Waals surface area contributed by atoms with Crippen LogP contribution in [0.25, 0.3) is 0 Å². The van der Waals surface area contributed by atoms with Crippen LogP contribution in [0, 0.1) is 0 Å². The highest BCUT2D eigenvalue weighted by Gasteiger charge is 2.26. The van der Waals surface area contributed by atoms with E-state index in [4.69, 9.17) is 9.47 Å². The van der Waals surface area contributed by atoms with E-state index in [-0.39, 0.29) is 0 Å². The molecule has 1 aromatic carbocycles. The average molecular weight is 289 g/mol. The minimum absolute atomic E-state index is 0.310. The number of hydrogen-bond donors (Lipinski definition) is 1. The van der Waals surface area contributed by atoms with Gasteiger partial charge in [0.25, 0.3) is 0 Å². The third kappa shape index (κ3) is 3.24. The molecule has 2 aliphatic rings. The van der Waals surface area contributed by atoms with Gasteiger partial charge in [-0.2, -0.15) is 0 Å². The average Bonchev–Trinajstić information content (AvgIpc) is 2.55. The first-order valence-electron chi connectivity index (χ1n) is 8.30. The van der Waals surface area contributed by atoms with Crippen LogP contribution in [0.2, 0.25) is 0 Å². The number of hydrogen-bond acceptors (Lipinski definition) is 3. The Kier molecular flexibility index (Phi) is 4.81. The topological polar surface area (TPSA) is 30.5 Å². The summed E-state index contributed by atoms with van der Waals surface area (Å²) in [5, 5.41) is 3.43. The molecule has 1 fully saturated rings. The summed E-state index contributed by atoms with van der Waals surface area (Å²) in [5.74, 6) is 1.11. The van der Waals surface area contributed by atoms with Gasteiger partial charge in [0.15, 0.2) is 0 Å². The van der Waals surface area contributed by atoms with Gasteiger partial charge in [-0.1, -0.05) is 12.1 Å². The highest BCUT2D eigenvalue weighted by molar-refractivity contribution is 5.43. The van der Waals surface area contributed by atoms with Gasteiger partial charge >= 0.3 is 0 Å². The van der Waals surface area contributed by atoms with Crippen LogP contribution in [0.3, 0.4) is 0 Å². The van der Waals surface area contributed by atoms with Gasteiger partial charge in [-0.15, -0.1) is 0 Å². The first-order chi connectivity index (χ1) is 10.3. The van der Waals surface area contributed by atoms with Crippen molar-refractivity contribution in [1.29, 1.82) is 0 Å². The van der Waals surface area contributed by atoms with Gasteiger partial charge in [-0.3, -0.25) is 0 Å². The number of ether oxygens (including phenoxy) is 2. The zero-order valence-corrected chi connectivity index (χ0v) is 13.2. The Balaban J connectivity index is 1.77. The minimum Gasteiger partial charge on any atom is -0.490 e. The molecule has 0 radical (unpaired) electrons. The summed E-state index contributed by atoms with van der Waals surface area (Å²) < 4.78 is 11.9. The molecule has 0 spiro atoms. The number of benzene rings is 1. The molecule has 0 saturated heterocycles. The van der Waals surface area contributed by atoms with Crippen LogP contribution in [0.5, 0.6) is 5.75 Å². The van der Waals surface area contributed by atoms with Crippen molar-refractivity contribution < 1.29 is 9.47 Å². The molecule has 1 N–H and O–H groups in total. The second-order valence-electron chi connectivity index (χ2n) is 6.32. The molecule has 3 atom stereocenters. The lowest BCUT2D eigenvalue weighted by Crippen LogP contribution is -2.30. The van der Waals surface area contributed by atoms with Crippen LogP contribution in [0.4, 0.5) is 0 Å². The van der Waals surface area contributed by atoms with Crippen LogP contribution in [-0.2, 0) is 11.2 Å². The molecule has 0 amide bonds. The molecule has 0 aromatic heterocycles. The maximum Gasteiger partial charge on any atom is 0.123 e. The van der Waals surface area contributed by atoms with Crippen molar-refractivity contribution >= 4 is 0 Å². The molecule has 0 heterocycles. The standard InChI is InChI=1S/C18H27NO2/c1-19-17-10-4-9-16-15(17)8-5-11-18(16)21-14-7-3-6-13(12-14)20-2/h5,8,11,13-14,17,19H,3-4,6-7,9-10,12H2,1-2H3. The fourth-order valence-electron chi connectivity index (χ4n) is 3.83. The van der Waals surface area contributed by atoms with Crippen molar-refractivity contribution in [1.82, 2.24) is 5.32 Å². The molecule has 116 valence electrons. The third-order valence-electron chi connectivity index (χ3n) is 5.02. The van der Waals surface area contributed by atoms with E-state index < -0.39 is 0 Å². The van der Waals surface area contributed by atoms with E-state index in [1.165, 1.54) is 36.8 Å². The van der Waals surface area contributed by atoms with Crippen molar-refractivity contribution in [2.75, 3.05) is 14.2 Å². The SMILES string of the molecule is CNC1CCCc2c(OC3CCCC(OC)C3)cccc21. The van der Waals surface area contributed by atoms with E-state index in [0.29, 0.717) is 18.2 Å². The zero-order valence-electron chi connectivity index (χ0n) is 13.2. The van der Waals surface area contributed by atoms with E-state index in [9.17, 15) is 0 Å². The predicted octanol–water partition coefficient (Wildman–Crippen LogP) is 3.62. The van der Waals surface area contributed by atoms with E-state index >= 15 is 0 Å². The number of nitrogens with one attached hydrogen (secondary N) is 1. The van der Waals surface area contributed by atoms with E-state index in [0.717, 1.165) is 25.0 Å². The van der Waals surface area contributed by atoms with Gasteiger partial charge in [0.1, 0.15) is 11.9 Å². The summed E-state index contributed by atoms with van der Waals surface area (Å²) in [7, 11) is 3.87. The second-order valence-corrected chi connectivity index (χ2v) is 6.32. The Morgan fingerprint density at radius 2 is 1.95 bits per heavy atom. The highest BCUT2D eigenvalue weighted by Crippen LogP contribution is 2.36. The second kappa shape index (κ2) is 6.80. The maximum absolute atomic E-state index is 6.37. The number of fused-ring (bicyclic) bond motifs is 1. The molecule has 0 aliphatic heterocycles. The molecule has 3 heteroatoms.